The molecule has 1 aliphatic heterocycles. The van der Waals surface area contributed by atoms with Gasteiger partial charge in [0.1, 0.15) is 0 Å². The van der Waals surface area contributed by atoms with Crippen LogP contribution in [-0.2, 0) is 19.6 Å². The molecule has 0 saturated heterocycles. The zero-order valence-electron chi connectivity index (χ0n) is 13.7. The average molecular weight is 358 g/mol. The first-order valence-electron chi connectivity index (χ1n) is 8.25. The fourth-order valence-corrected chi connectivity index (χ4v) is 3.91. The van der Waals surface area contributed by atoms with Gasteiger partial charge in [-0.25, -0.2) is 14.4 Å². The summed E-state index contributed by atoms with van der Waals surface area (Å²) in [5.41, 5.74) is 1.20. The lowest BCUT2D eigenvalue weighted by molar-refractivity contribution is 0.161. The van der Waals surface area contributed by atoms with Crippen LogP contribution < -0.4 is 4.74 Å². The van der Waals surface area contributed by atoms with Crippen LogP contribution in [0.1, 0.15) is 10.6 Å². The fourth-order valence-electron chi connectivity index (χ4n) is 3.16. The van der Waals surface area contributed by atoms with Crippen LogP contribution in [0.25, 0.3) is 0 Å². The Morgan fingerprint density at radius 2 is 2.24 bits per heavy atom. The van der Waals surface area contributed by atoms with Crippen LogP contribution in [0.4, 0.5) is 4.39 Å². The number of halogens is 1. The average Bonchev–Trinajstić information content (AvgIpc) is 3.23. The van der Waals surface area contributed by atoms with Gasteiger partial charge in [0.15, 0.2) is 5.82 Å². The van der Waals surface area contributed by atoms with Gasteiger partial charge in [0, 0.05) is 49.4 Å². The fraction of sp³-hybridized carbons (Fsp3) is 0.333. The maximum atomic E-state index is 13.7. The number of pyridine rings is 1. The lowest BCUT2D eigenvalue weighted by atomic mass is 10.1. The Kier molecular flexibility index (Phi) is 4.76. The molecule has 4 rings (SSSR count). The van der Waals surface area contributed by atoms with E-state index in [1.807, 2.05) is 12.5 Å². The third-order valence-electron chi connectivity index (χ3n) is 4.30. The molecule has 0 unspecified atom stereocenters. The molecular formula is C18H19FN4OS. The van der Waals surface area contributed by atoms with Crippen LogP contribution in [0.3, 0.4) is 0 Å². The molecule has 0 radical (unpaired) electrons. The maximum absolute atomic E-state index is 13.7. The molecule has 7 heteroatoms. The van der Waals surface area contributed by atoms with E-state index < -0.39 is 5.82 Å². The zero-order valence-corrected chi connectivity index (χ0v) is 14.5. The summed E-state index contributed by atoms with van der Waals surface area (Å²) in [6.45, 7) is 3.87. The van der Waals surface area contributed by atoms with E-state index in [0.717, 1.165) is 26.2 Å². The number of ether oxygens (including phenoxy) is 1. The van der Waals surface area contributed by atoms with Crippen molar-refractivity contribution in [2.75, 3.05) is 13.2 Å². The first kappa shape index (κ1) is 16.2. The molecule has 130 valence electrons. The van der Waals surface area contributed by atoms with Crippen molar-refractivity contribution < 1.29 is 9.13 Å². The smallest absolute Gasteiger partial charge is 0.250 e. The van der Waals surface area contributed by atoms with Crippen molar-refractivity contribution in [2.24, 2.45) is 5.92 Å². The second-order valence-corrected chi connectivity index (χ2v) is 7.29. The lowest BCUT2D eigenvalue weighted by Gasteiger charge is -2.23. The molecule has 0 amide bonds. The topological polar surface area (TPSA) is 43.2 Å². The van der Waals surface area contributed by atoms with E-state index in [2.05, 4.69) is 36.9 Å². The van der Waals surface area contributed by atoms with E-state index in [-0.39, 0.29) is 11.8 Å². The molecule has 3 aromatic rings. The molecule has 0 aliphatic carbocycles. The Hall–Kier alpha value is -2.25. The summed E-state index contributed by atoms with van der Waals surface area (Å²) in [4.78, 5) is 12.0. The Balaban J connectivity index is 1.47. The number of rotatable bonds is 5. The predicted octanol–water partition coefficient (Wildman–Crippen LogP) is 3.19. The van der Waals surface area contributed by atoms with Crippen molar-refractivity contribution in [1.82, 2.24) is 19.4 Å². The predicted molar refractivity (Wildman–Crippen MR) is 93.8 cm³/mol. The summed E-state index contributed by atoms with van der Waals surface area (Å²) in [5, 5.41) is 2.10. The molecule has 3 aromatic heterocycles. The van der Waals surface area contributed by atoms with Gasteiger partial charge in [0.2, 0.25) is 5.88 Å². The highest BCUT2D eigenvalue weighted by atomic mass is 32.1. The minimum Gasteiger partial charge on any atom is -0.475 e. The SMILES string of the molecule is Fc1cccnc1OC[C@@H]1CN(Cc2cccs2)Cc2cncn2C1. The minimum absolute atomic E-state index is 0.0717. The Labute approximate surface area is 149 Å². The van der Waals surface area contributed by atoms with E-state index in [1.165, 1.54) is 16.6 Å². The Morgan fingerprint density at radius 1 is 1.28 bits per heavy atom. The van der Waals surface area contributed by atoms with Gasteiger partial charge in [-0.15, -0.1) is 11.3 Å². The molecule has 0 fully saturated rings. The van der Waals surface area contributed by atoms with E-state index in [9.17, 15) is 4.39 Å². The van der Waals surface area contributed by atoms with Gasteiger partial charge in [0.25, 0.3) is 0 Å². The molecule has 1 atom stereocenters. The largest absolute Gasteiger partial charge is 0.475 e. The highest BCUT2D eigenvalue weighted by molar-refractivity contribution is 7.09. The van der Waals surface area contributed by atoms with Gasteiger partial charge in [0.05, 0.1) is 18.6 Å². The number of hydrogen-bond acceptors (Lipinski definition) is 5. The monoisotopic (exact) mass is 358 g/mol. The van der Waals surface area contributed by atoms with Crippen molar-refractivity contribution in [3.8, 4) is 5.88 Å². The number of fused-ring (bicyclic) bond motifs is 1. The van der Waals surface area contributed by atoms with Crippen LogP contribution in [-0.4, -0.2) is 32.6 Å². The van der Waals surface area contributed by atoms with Crippen molar-refractivity contribution in [3.05, 3.63) is 64.8 Å². The quantitative estimate of drug-likeness (QED) is 0.703. The summed E-state index contributed by atoms with van der Waals surface area (Å²) < 4.78 is 21.6. The van der Waals surface area contributed by atoms with Gasteiger partial charge in [-0.1, -0.05) is 6.07 Å². The number of aromatic nitrogens is 3. The summed E-state index contributed by atoms with van der Waals surface area (Å²) in [6, 6.07) is 7.16. The minimum atomic E-state index is -0.421. The normalized spacial score (nSPS) is 17.9. The van der Waals surface area contributed by atoms with Crippen LogP contribution in [0.5, 0.6) is 5.88 Å². The van der Waals surface area contributed by atoms with Crippen LogP contribution >= 0.6 is 11.3 Å². The van der Waals surface area contributed by atoms with E-state index >= 15 is 0 Å². The Bertz CT molecular complexity index is 820. The zero-order chi connectivity index (χ0) is 17.1. The van der Waals surface area contributed by atoms with E-state index in [0.29, 0.717) is 6.61 Å². The summed E-state index contributed by atoms with van der Waals surface area (Å²) in [7, 11) is 0. The first-order chi connectivity index (χ1) is 12.3. The molecule has 25 heavy (non-hydrogen) atoms. The number of nitrogens with zero attached hydrogens (tertiary/aromatic N) is 4. The first-order valence-corrected chi connectivity index (χ1v) is 9.13. The molecule has 0 aromatic carbocycles. The highest BCUT2D eigenvalue weighted by Gasteiger charge is 2.23. The molecular weight excluding hydrogens is 339 g/mol. The standard InChI is InChI=1S/C18H19FN4OS/c19-17-4-1-5-21-18(17)24-12-14-8-22(11-16-3-2-6-25-16)10-15-7-20-13-23(15)9-14/h1-7,13-14H,8-12H2/t14-/m1/s1. The summed E-state index contributed by atoms with van der Waals surface area (Å²) in [5.74, 6) is -0.117. The van der Waals surface area contributed by atoms with Gasteiger partial charge in [-0.3, -0.25) is 4.90 Å². The molecule has 0 saturated carbocycles. The molecule has 0 spiro atoms. The van der Waals surface area contributed by atoms with E-state index in [4.69, 9.17) is 4.74 Å². The number of thiophene rings is 1. The van der Waals surface area contributed by atoms with Crippen LogP contribution in [0.15, 0.2) is 48.4 Å². The van der Waals surface area contributed by atoms with Crippen molar-refractivity contribution in [1.29, 1.82) is 0 Å². The maximum Gasteiger partial charge on any atom is 0.250 e. The van der Waals surface area contributed by atoms with Gasteiger partial charge in [-0.05, 0) is 23.6 Å². The second kappa shape index (κ2) is 7.33. The van der Waals surface area contributed by atoms with Crippen LogP contribution in [0, 0.1) is 11.7 Å². The second-order valence-electron chi connectivity index (χ2n) is 6.25. The van der Waals surface area contributed by atoms with Gasteiger partial charge >= 0.3 is 0 Å². The van der Waals surface area contributed by atoms with Crippen molar-refractivity contribution >= 4 is 11.3 Å². The van der Waals surface area contributed by atoms with Crippen molar-refractivity contribution in [3.63, 3.8) is 0 Å². The molecule has 0 bridgehead atoms. The highest BCUT2D eigenvalue weighted by Crippen LogP contribution is 2.21. The molecule has 0 N–H and O–H groups in total. The van der Waals surface area contributed by atoms with Gasteiger partial charge < -0.3 is 9.30 Å². The van der Waals surface area contributed by atoms with E-state index in [1.54, 1.807) is 23.6 Å². The Morgan fingerprint density at radius 3 is 3.08 bits per heavy atom. The van der Waals surface area contributed by atoms with Gasteiger partial charge in [-0.2, -0.15) is 0 Å². The third-order valence-corrected chi connectivity index (χ3v) is 5.16. The van der Waals surface area contributed by atoms with Crippen molar-refractivity contribution in [2.45, 2.75) is 19.6 Å². The number of imidazole rings is 1. The molecule has 4 heterocycles. The molecule has 5 nitrogen and oxygen atoms in total. The van der Waals surface area contributed by atoms with Crippen LogP contribution in [0.2, 0.25) is 0 Å². The summed E-state index contributed by atoms with van der Waals surface area (Å²) in [6.07, 6.45) is 5.32. The lowest BCUT2D eigenvalue weighted by Crippen LogP contribution is -2.30. The molecule has 1 aliphatic rings. The number of hydrogen-bond donors (Lipinski definition) is 0. The third kappa shape index (κ3) is 3.88. The summed E-state index contributed by atoms with van der Waals surface area (Å²) >= 11 is 1.77.